The summed E-state index contributed by atoms with van der Waals surface area (Å²) in [5.41, 5.74) is 0.926. The fourth-order valence-corrected chi connectivity index (χ4v) is 4.35. The highest BCUT2D eigenvalue weighted by molar-refractivity contribution is 7.89. The predicted molar refractivity (Wildman–Crippen MR) is 79.2 cm³/mol. The molecule has 0 saturated heterocycles. The van der Waals surface area contributed by atoms with Crippen molar-refractivity contribution < 1.29 is 8.42 Å². The zero-order chi connectivity index (χ0) is 14.0. The molecule has 0 aliphatic carbocycles. The summed E-state index contributed by atoms with van der Waals surface area (Å²) < 4.78 is 27.2. The number of benzene rings is 1. The fraction of sp³-hybridized carbons (Fsp3) is 0.231. The Morgan fingerprint density at radius 1 is 1.32 bits per heavy atom. The molecule has 1 N–H and O–H groups in total. The lowest BCUT2D eigenvalue weighted by Gasteiger charge is -2.14. The maximum atomic E-state index is 12.3. The van der Waals surface area contributed by atoms with Gasteiger partial charge in [-0.2, -0.15) is 0 Å². The first-order valence-electron chi connectivity index (χ1n) is 5.72. The standard InChI is InChI=1S/C13H14ClNO2S2/c1-9-5-6-13(11(14)8-9)19(16,17)15-10(2)12-4-3-7-18-12/h3-8,10,15H,1-2H3. The van der Waals surface area contributed by atoms with E-state index in [9.17, 15) is 8.42 Å². The summed E-state index contributed by atoms with van der Waals surface area (Å²) in [4.78, 5) is 1.08. The lowest BCUT2D eigenvalue weighted by Crippen LogP contribution is -2.26. The normalized spacial score (nSPS) is 13.4. The molecule has 102 valence electrons. The van der Waals surface area contributed by atoms with E-state index >= 15 is 0 Å². The molecule has 0 bridgehead atoms. The Morgan fingerprint density at radius 3 is 2.63 bits per heavy atom. The quantitative estimate of drug-likeness (QED) is 0.934. The summed E-state index contributed by atoms with van der Waals surface area (Å²) in [6.45, 7) is 3.68. The van der Waals surface area contributed by atoms with Crippen LogP contribution >= 0.6 is 22.9 Å². The number of aryl methyl sites for hydroxylation is 1. The maximum Gasteiger partial charge on any atom is 0.242 e. The predicted octanol–water partition coefficient (Wildman–Crippen LogP) is 3.75. The van der Waals surface area contributed by atoms with Crippen molar-refractivity contribution in [2.24, 2.45) is 0 Å². The minimum atomic E-state index is -3.61. The molecule has 6 heteroatoms. The van der Waals surface area contributed by atoms with Gasteiger partial charge in [-0.1, -0.05) is 23.7 Å². The highest BCUT2D eigenvalue weighted by Gasteiger charge is 2.21. The molecule has 0 amide bonds. The number of halogens is 1. The van der Waals surface area contributed by atoms with Gasteiger partial charge < -0.3 is 0 Å². The van der Waals surface area contributed by atoms with Crippen LogP contribution in [0.4, 0.5) is 0 Å². The Hall–Kier alpha value is -0.880. The van der Waals surface area contributed by atoms with Gasteiger partial charge in [-0.25, -0.2) is 13.1 Å². The van der Waals surface area contributed by atoms with Crippen LogP contribution in [0.3, 0.4) is 0 Å². The topological polar surface area (TPSA) is 46.2 Å². The van der Waals surface area contributed by atoms with E-state index in [0.29, 0.717) is 0 Å². The molecule has 1 atom stereocenters. The van der Waals surface area contributed by atoms with Crippen molar-refractivity contribution >= 4 is 33.0 Å². The Bertz CT molecular complexity index is 666. The average Bonchev–Trinajstić information content (AvgIpc) is 2.80. The van der Waals surface area contributed by atoms with Crippen LogP contribution in [0.25, 0.3) is 0 Å². The molecule has 0 radical (unpaired) electrons. The zero-order valence-electron chi connectivity index (χ0n) is 10.6. The van der Waals surface area contributed by atoms with Crippen LogP contribution in [0, 0.1) is 6.92 Å². The van der Waals surface area contributed by atoms with E-state index in [2.05, 4.69) is 4.72 Å². The molecular formula is C13H14ClNO2S2. The van der Waals surface area contributed by atoms with Crippen LogP contribution in [0.5, 0.6) is 0 Å². The summed E-state index contributed by atoms with van der Waals surface area (Å²) in [5.74, 6) is 0. The average molecular weight is 316 g/mol. The summed E-state index contributed by atoms with van der Waals surface area (Å²) >= 11 is 7.52. The lowest BCUT2D eigenvalue weighted by molar-refractivity contribution is 0.568. The Morgan fingerprint density at radius 2 is 2.05 bits per heavy atom. The Kier molecular flexibility index (Phi) is 4.30. The van der Waals surface area contributed by atoms with Crippen molar-refractivity contribution in [3.05, 3.63) is 51.2 Å². The highest BCUT2D eigenvalue weighted by atomic mass is 35.5. The van der Waals surface area contributed by atoms with Crippen LogP contribution in [0.2, 0.25) is 5.02 Å². The van der Waals surface area contributed by atoms with Gasteiger partial charge in [0.25, 0.3) is 0 Å². The third-order valence-electron chi connectivity index (χ3n) is 2.68. The van der Waals surface area contributed by atoms with Crippen molar-refractivity contribution in [1.82, 2.24) is 4.72 Å². The van der Waals surface area contributed by atoms with Gasteiger partial charge in [0, 0.05) is 4.88 Å². The zero-order valence-corrected chi connectivity index (χ0v) is 12.9. The molecular weight excluding hydrogens is 302 g/mol. The third-order valence-corrected chi connectivity index (χ3v) is 5.76. The second-order valence-electron chi connectivity index (χ2n) is 4.29. The molecule has 0 saturated carbocycles. The van der Waals surface area contributed by atoms with Gasteiger partial charge in [-0.15, -0.1) is 11.3 Å². The second kappa shape index (κ2) is 5.63. The molecule has 1 heterocycles. The van der Waals surface area contributed by atoms with E-state index < -0.39 is 10.0 Å². The van der Waals surface area contributed by atoms with Gasteiger partial charge in [0.15, 0.2) is 0 Å². The molecule has 0 fully saturated rings. The molecule has 19 heavy (non-hydrogen) atoms. The first-order valence-corrected chi connectivity index (χ1v) is 8.46. The molecule has 2 rings (SSSR count). The first kappa shape index (κ1) is 14.5. The summed E-state index contributed by atoms with van der Waals surface area (Å²) in [6.07, 6.45) is 0. The maximum absolute atomic E-state index is 12.3. The van der Waals surface area contributed by atoms with Gasteiger partial charge in [-0.3, -0.25) is 0 Å². The van der Waals surface area contributed by atoms with Crippen molar-refractivity contribution in [2.75, 3.05) is 0 Å². The number of nitrogens with one attached hydrogen (secondary N) is 1. The van der Waals surface area contributed by atoms with Crippen LogP contribution < -0.4 is 4.72 Å². The van der Waals surface area contributed by atoms with Crippen molar-refractivity contribution in [3.8, 4) is 0 Å². The number of hydrogen-bond donors (Lipinski definition) is 1. The molecule has 1 unspecified atom stereocenters. The summed E-state index contributed by atoms with van der Waals surface area (Å²) in [6, 6.07) is 8.42. The summed E-state index contributed by atoms with van der Waals surface area (Å²) in [5, 5.41) is 2.16. The van der Waals surface area contributed by atoms with E-state index in [-0.39, 0.29) is 16.0 Å². The largest absolute Gasteiger partial charge is 0.242 e. The SMILES string of the molecule is Cc1ccc(S(=O)(=O)NC(C)c2cccs2)c(Cl)c1. The minimum absolute atomic E-state index is 0.114. The number of sulfonamides is 1. The van der Waals surface area contributed by atoms with Crippen LogP contribution in [-0.4, -0.2) is 8.42 Å². The van der Waals surface area contributed by atoms with Crippen molar-refractivity contribution in [3.63, 3.8) is 0 Å². The van der Waals surface area contributed by atoms with Crippen LogP contribution in [0.1, 0.15) is 23.4 Å². The second-order valence-corrected chi connectivity index (χ2v) is 7.36. The van der Waals surface area contributed by atoms with E-state index in [0.717, 1.165) is 10.4 Å². The molecule has 0 aliphatic heterocycles. The molecule has 0 spiro atoms. The number of rotatable bonds is 4. The van der Waals surface area contributed by atoms with E-state index in [4.69, 9.17) is 11.6 Å². The van der Waals surface area contributed by atoms with E-state index in [1.54, 1.807) is 12.1 Å². The molecule has 1 aromatic carbocycles. The molecule has 0 aliphatic rings. The number of thiophene rings is 1. The Balaban J connectivity index is 2.28. The van der Waals surface area contributed by atoms with Gasteiger partial charge >= 0.3 is 0 Å². The van der Waals surface area contributed by atoms with Crippen molar-refractivity contribution in [1.29, 1.82) is 0 Å². The number of hydrogen-bond acceptors (Lipinski definition) is 3. The van der Waals surface area contributed by atoms with Gasteiger partial charge in [0.2, 0.25) is 10.0 Å². The van der Waals surface area contributed by atoms with E-state index in [1.165, 1.54) is 17.4 Å². The molecule has 3 nitrogen and oxygen atoms in total. The van der Waals surface area contributed by atoms with Gasteiger partial charge in [0.1, 0.15) is 4.90 Å². The summed E-state index contributed by atoms with van der Waals surface area (Å²) in [7, 11) is -3.61. The highest BCUT2D eigenvalue weighted by Crippen LogP contribution is 2.25. The fourth-order valence-electron chi connectivity index (χ4n) is 1.72. The van der Waals surface area contributed by atoms with Crippen LogP contribution in [0.15, 0.2) is 40.6 Å². The smallest absolute Gasteiger partial charge is 0.207 e. The van der Waals surface area contributed by atoms with Crippen molar-refractivity contribution in [2.45, 2.75) is 24.8 Å². The first-order chi connectivity index (χ1) is 8.90. The van der Waals surface area contributed by atoms with Gasteiger partial charge in [-0.05, 0) is 43.0 Å². The minimum Gasteiger partial charge on any atom is -0.207 e. The lowest BCUT2D eigenvalue weighted by atomic mass is 10.2. The molecule has 2 aromatic rings. The molecule has 1 aromatic heterocycles. The van der Waals surface area contributed by atoms with Gasteiger partial charge in [0.05, 0.1) is 11.1 Å². The van der Waals surface area contributed by atoms with E-state index in [1.807, 2.05) is 31.4 Å². The van der Waals surface area contributed by atoms with Crippen LogP contribution in [-0.2, 0) is 10.0 Å². The monoisotopic (exact) mass is 315 g/mol. The third kappa shape index (κ3) is 3.36. The Labute approximate surface area is 122 Å².